The molecule has 0 aliphatic carbocycles. The lowest BCUT2D eigenvalue weighted by molar-refractivity contribution is 0.136. The van der Waals surface area contributed by atoms with Gasteiger partial charge in [-0.2, -0.15) is 4.98 Å². The average molecular weight is 552 g/mol. The van der Waals surface area contributed by atoms with Gasteiger partial charge in [0.25, 0.3) is 0 Å². The third-order valence-electron chi connectivity index (χ3n) is 6.97. The van der Waals surface area contributed by atoms with Gasteiger partial charge < -0.3 is 14.9 Å². The highest BCUT2D eigenvalue weighted by Crippen LogP contribution is 2.35. The molecule has 1 N–H and O–H groups in total. The zero-order chi connectivity index (χ0) is 27.8. The number of piperazine rings is 1. The van der Waals surface area contributed by atoms with Crippen LogP contribution in [0.15, 0.2) is 41.5 Å². The fourth-order valence-electron chi connectivity index (χ4n) is 5.05. The molecule has 39 heavy (non-hydrogen) atoms. The Balaban J connectivity index is 1.84. The van der Waals surface area contributed by atoms with E-state index in [2.05, 4.69) is 15.0 Å². The number of aromatic nitrogens is 5. The predicted octanol–water partition coefficient (Wildman–Crippen LogP) is 4.34. The van der Waals surface area contributed by atoms with Crippen LogP contribution in [0.3, 0.4) is 0 Å². The molecule has 5 rings (SSSR count). The maximum atomic E-state index is 14.9. The Morgan fingerprint density at radius 3 is 2.44 bits per heavy atom. The van der Waals surface area contributed by atoms with Crippen LogP contribution in [0, 0.1) is 5.82 Å². The van der Waals surface area contributed by atoms with Gasteiger partial charge >= 0.3 is 11.8 Å². The molecule has 1 saturated heterocycles. The summed E-state index contributed by atoms with van der Waals surface area (Å²) in [7, 11) is 0. The minimum Gasteiger partial charge on any atom is -0.465 e. The van der Waals surface area contributed by atoms with Crippen molar-refractivity contribution in [2.24, 2.45) is 0 Å². The molecule has 4 heterocycles. The summed E-state index contributed by atoms with van der Waals surface area (Å²) >= 11 is 6.70. The predicted molar refractivity (Wildman–Crippen MR) is 146 cm³/mol. The number of halogens is 2. The molecule has 0 spiro atoms. The highest BCUT2D eigenvalue weighted by molar-refractivity contribution is 6.33. The number of pyridine rings is 1. The number of nitrogens with zero attached hydrogens (tertiary/aromatic N) is 7. The van der Waals surface area contributed by atoms with Gasteiger partial charge in [0.15, 0.2) is 5.65 Å². The van der Waals surface area contributed by atoms with Gasteiger partial charge in [0.1, 0.15) is 18.0 Å². The molecule has 0 saturated carbocycles. The zero-order valence-electron chi connectivity index (χ0n) is 21.7. The van der Waals surface area contributed by atoms with Crippen molar-refractivity contribution in [3.8, 4) is 16.9 Å². The van der Waals surface area contributed by atoms with Crippen molar-refractivity contribution >= 4 is 34.5 Å². The molecule has 202 valence electrons. The lowest BCUT2D eigenvalue weighted by Crippen LogP contribution is -2.54. The van der Waals surface area contributed by atoms with E-state index < -0.39 is 17.6 Å². The van der Waals surface area contributed by atoms with Gasteiger partial charge in [-0.15, -0.1) is 0 Å². The van der Waals surface area contributed by atoms with E-state index >= 15 is 0 Å². The number of rotatable bonds is 5. The van der Waals surface area contributed by atoms with Crippen LogP contribution in [-0.2, 0) is 12.8 Å². The normalized spacial score (nSPS) is 15.7. The summed E-state index contributed by atoms with van der Waals surface area (Å²) in [6, 6.07) is 7.52. The van der Waals surface area contributed by atoms with Crippen molar-refractivity contribution < 1.29 is 14.3 Å². The molecule has 1 atom stereocenters. The van der Waals surface area contributed by atoms with Crippen LogP contribution in [0.5, 0.6) is 0 Å². The average Bonchev–Trinajstić information content (AvgIpc) is 2.92. The molecule has 4 aromatic rings. The summed E-state index contributed by atoms with van der Waals surface area (Å²) in [5.74, 6) is -0.161. The number of fused-ring (bicyclic) bond motifs is 1. The Hall–Kier alpha value is -4.12. The van der Waals surface area contributed by atoms with Crippen LogP contribution >= 0.6 is 11.6 Å². The van der Waals surface area contributed by atoms with Crippen molar-refractivity contribution in [1.29, 1.82) is 0 Å². The maximum Gasteiger partial charge on any atom is 0.407 e. The number of benzene rings is 1. The number of hydrogen-bond donors (Lipinski definition) is 1. The monoisotopic (exact) mass is 551 g/mol. The molecule has 1 aromatic carbocycles. The Bertz CT molecular complexity index is 1620. The van der Waals surface area contributed by atoms with Crippen LogP contribution < -0.4 is 10.6 Å². The maximum absolute atomic E-state index is 14.9. The van der Waals surface area contributed by atoms with Crippen LogP contribution in [0.25, 0.3) is 28.0 Å². The summed E-state index contributed by atoms with van der Waals surface area (Å²) in [5.41, 5.74) is 1.80. The van der Waals surface area contributed by atoms with Gasteiger partial charge in [-0.1, -0.05) is 37.6 Å². The molecule has 1 aliphatic rings. The number of carboxylic acid groups (broad SMARTS) is 1. The van der Waals surface area contributed by atoms with Gasteiger partial charge in [0, 0.05) is 31.2 Å². The zero-order valence-corrected chi connectivity index (χ0v) is 22.5. The largest absolute Gasteiger partial charge is 0.465 e. The van der Waals surface area contributed by atoms with Gasteiger partial charge in [-0.05, 0) is 38.0 Å². The Labute approximate surface area is 228 Å². The molecule has 3 aromatic heterocycles. The van der Waals surface area contributed by atoms with Crippen LogP contribution in [0.2, 0.25) is 5.02 Å². The quantitative estimate of drug-likeness (QED) is 0.389. The van der Waals surface area contributed by atoms with E-state index in [1.54, 1.807) is 24.3 Å². The first-order valence-electron chi connectivity index (χ1n) is 12.7. The lowest BCUT2D eigenvalue weighted by atomic mass is 10.1. The molecular formula is C27H27ClFN7O3. The van der Waals surface area contributed by atoms with Gasteiger partial charge in [-0.3, -0.25) is 0 Å². The van der Waals surface area contributed by atoms with E-state index in [1.165, 1.54) is 21.9 Å². The van der Waals surface area contributed by atoms with Crippen molar-refractivity contribution in [2.45, 2.75) is 39.7 Å². The number of amides is 1. The number of carbonyl (C=O) groups is 1. The minimum atomic E-state index is -1.00. The molecular weight excluding hydrogens is 525 g/mol. The first-order chi connectivity index (χ1) is 18.7. The molecule has 1 unspecified atom stereocenters. The second-order valence-corrected chi connectivity index (χ2v) is 9.72. The molecule has 12 heteroatoms. The lowest BCUT2D eigenvalue weighted by Gasteiger charge is -2.39. The van der Waals surface area contributed by atoms with E-state index in [4.69, 9.17) is 16.6 Å². The molecule has 0 radical (unpaired) electrons. The SMILES string of the molecule is CCc1ncnc(CC)c1-n1c(=O)nc(N2CCN(C(=O)O)CC2C)c2cc(Cl)c(-c3ccccc3F)nc21. The van der Waals surface area contributed by atoms with E-state index in [-0.39, 0.29) is 41.1 Å². The minimum absolute atomic E-state index is 0.184. The summed E-state index contributed by atoms with van der Waals surface area (Å²) in [6.07, 6.45) is 1.53. The topological polar surface area (TPSA) is 117 Å². The smallest absolute Gasteiger partial charge is 0.407 e. The molecule has 0 bridgehead atoms. The Morgan fingerprint density at radius 2 is 1.82 bits per heavy atom. The summed E-state index contributed by atoms with van der Waals surface area (Å²) in [6.45, 7) is 6.53. The fourth-order valence-corrected chi connectivity index (χ4v) is 5.30. The standard InChI is InChI=1S/C27H27ClFN7O3/c1-4-20-23(21(5-2)31-14-30-20)36-25-17(12-18(28)22(32-25)16-8-6-7-9-19(16)29)24(33-26(36)37)35-11-10-34(27(38)39)13-15(35)3/h6-9,12,14-15H,4-5,10-11,13H2,1-3H3,(H,38,39). The molecule has 1 amide bonds. The van der Waals surface area contributed by atoms with Crippen LogP contribution in [0.4, 0.5) is 15.0 Å². The highest BCUT2D eigenvalue weighted by Gasteiger charge is 2.31. The first-order valence-corrected chi connectivity index (χ1v) is 13.1. The van der Waals surface area contributed by atoms with Crippen LogP contribution in [0.1, 0.15) is 32.2 Å². The van der Waals surface area contributed by atoms with E-state index in [0.717, 1.165) is 0 Å². The first kappa shape index (κ1) is 26.5. The van der Waals surface area contributed by atoms with Gasteiger partial charge in [0.2, 0.25) is 0 Å². The Morgan fingerprint density at radius 1 is 1.13 bits per heavy atom. The summed E-state index contributed by atoms with van der Waals surface area (Å²) in [5, 5.41) is 10.1. The third kappa shape index (κ3) is 4.67. The number of hydrogen-bond acceptors (Lipinski definition) is 7. The van der Waals surface area contributed by atoms with Crippen molar-refractivity contribution in [1.82, 2.24) is 29.4 Å². The van der Waals surface area contributed by atoms with Crippen molar-refractivity contribution in [3.05, 3.63) is 69.4 Å². The van der Waals surface area contributed by atoms with E-state index in [9.17, 15) is 19.1 Å². The third-order valence-corrected chi connectivity index (χ3v) is 7.26. The highest BCUT2D eigenvalue weighted by atomic mass is 35.5. The fraction of sp³-hybridized carbons (Fsp3) is 0.333. The van der Waals surface area contributed by atoms with Gasteiger partial charge in [-0.25, -0.2) is 33.5 Å². The van der Waals surface area contributed by atoms with E-state index in [1.807, 2.05) is 25.7 Å². The molecule has 10 nitrogen and oxygen atoms in total. The van der Waals surface area contributed by atoms with Crippen molar-refractivity contribution in [3.63, 3.8) is 0 Å². The number of anilines is 1. The van der Waals surface area contributed by atoms with E-state index in [0.29, 0.717) is 47.7 Å². The molecule has 1 fully saturated rings. The number of aryl methyl sites for hydroxylation is 2. The summed E-state index contributed by atoms with van der Waals surface area (Å²) in [4.78, 5) is 46.7. The second-order valence-electron chi connectivity index (χ2n) is 9.32. The van der Waals surface area contributed by atoms with Crippen molar-refractivity contribution in [2.75, 3.05) is 24.5 Å². The molecule has 1 aliphatic heterocycles. The van der Waals surface area contributed by atoms with Crippen LogP contribution in [-0.4, -0.2) is 66.3 Å². The van der Waals surface area contributed by atoms with Gasteiger partial charge in [0.05, 0.1) is 33.2 Å². The summed E-state index contributed by atoms with van der Waals surface area (Å²) < 4.78 is 16.2. The Kier molecular flexibility index (Phi) is 7.17. The second kappa shape index (κ2) is 10.6.